The topological polar surface area (TPSA) is 23.6 Å². The molecule has 4 rings (SSSR count). The van der Waals surface area contributed by atoms with E-state index in [1.54, 1.807) is 6.07 Å². The summed E-state index contributed by atoms with van der Waals surface area (Å²) < 4.78 is 14.2. The van der Waals surface area contributed by atoms with Crippen LogP contribution in [0.5, 0.6) is 0 Å². The molecule has 3 nitrogen and oxygen atoms in total. The van der Waals surface area contributed by atoms with Crippen LogP contribution in [-0.4, -0.2) is 37.0 Å². The van der Waals surface area contributed by atoms with E-state index in [-0.39, 0.29) is 36.0 Å². The lowest BCUT2D eigenvalue weighted by molar-refractivity contribution is -0.124. The Balaban J connectivity index is 0.00000342. The van der Waals surface area contributed by atoms with E-state index in [0.717, 1.165) is 53.7 Å². The van der Waals surface area contributed by atoms with Crippen LogP contribution in [0.1, 0.15) is 61.3 Å². The lowest BCUT2D eigenvalue weighted by Crippen LogP contribution is -2.46. The lowest BCUT2D eigenvalue weighted by atomic mass is 9.84. The van der Waals surface area contributed by atoms with Crippen LogP contribution in [0, 0.1) is 43.3 Å². The largest absolute Gasteiger partial charge is 0.311 e. The van der Waals surface area contributed by atoms with Gasteiger partial charge in [0.15, 0.2) is 0 Å². The highest BCUT2D eigenvalue weighted by atomic mass is 35.5. The number of carbonyl (C=O) groups excluding carboxylic acids is 1. The number of amides is 1. The number of halogens is 2. The van der Waals surface area contributed by atoms with E-state index in [0.29, 0.717) is 13.0 Å². The predicted molar refractivity (Wildman–Crippen MR) is 145 cm³/mol. The summed E-state index contributed by atoms with van der Waals surface area (Å²) in [6.07, 6.45) is 6.14. The number of piperidine rings is 1. The molecule has 5 heteroatoms. The van der Waals surface area contributed by atoms with Gasteiger partial charge in [-0.2, -0.15) is 0 Å². The minimum Gasteiger partial charge on any atom is -0.311 e. The summed E-state index contributed by atoms with van der Waals surface area (Å²) in [4.78, 5) is 17.6. The average molecular weight is 497 g/mol. The highest BCUT2D eigenvalue weighted by Gasteiger charge is 2.34. The molecule has 0 unspecified atom stereocenters. The Bertz CT molecular complexity index is 1060. The fourth-order valence-corrected chi connectivity index (χ4v) is 5.63. The van der Waals surface area contributed by atoms with Gasteiger partial charge in [-0.25, -0.2) is 4.39 Å². The summed E-state index contributed by atoms with van der Waals surface area (Å²) in [7, 11) is 0. The molecule has 0 spiro atoms. The van der Waals surface area contributed by atoms with Gasteiger partial charge in [0.25, 0.3) is 0 Å². The highest BCUT2D eigenvalue weighted by molar-refractivity contribution is 5.97. The number of hydrogen-bond donors (Lipinski definition) is 0. The van der Waals surface area contributed by atoms with Crippen molar-refractivity contribution in [3.8, 4) is 11.8 Å². The van der Waals surface area contributed by atoms with Crippen LogP contribution < -0.4 is 4.90 Å². The van der Waals surface area contributed by atoms with Gasteiger partial charge >= 0.3 is 0 Å². The van der Waals surface area contributed by atoms with Crippen LogP contribution in [0.15, 0.2) is 36.4 Å². The van der Waals surface area contributed by atoms with Crippen LogP contribution in [0.25, 0.3) is 0 Å². The van der Waals surface area contributed by atoms with E-state index < -0.39 is 0 Å². The highest BCUT2D eigenvalue weighted by Crippen LogP contribution is 2.34. The first-order chi connectivity index (χ1) is 16.4. The minimum absolute atomic E-state index is 0. The van der Waals surface area contributed by atoms with Crippen molar-refractivity contribution in [1.82, 2.24) is 4.90 Å². The summed E-state index contributed by atoms with van der Waals surface area (Å²) in [5.41, 5.74) is 4.90. The molecule has 0 aromatic heterocycles. The summed E-state index contributed by atoms with van der Waals surface area (Å²) in [6.45, 7) is 10.4. The van der Waals surface area contributed by atoms with E-state index in [1.807, 2.05) is 24.0 Å². The van der Waals surface area contributed by atoms with Crippen molar-refractivity contribution in [2.24, 2.45) is 11.8 Å². The molecule has 2 atom stereocenters. The van der Waals surface area contributed by atoms with Gasteiger partial charge in [-0.15, -0.1) is 12.4 Å². The monoisotopic (exact) mass is 496 g/mol. The summed E-state index contributed by atoms with van der Waals surface area (Å²) in [5, 5.41) is 0. The van der Waals surface area contributed by atoms with Crippen LogP contribution in [0.2, 0.25) is 0 Å². The molecule has 2 aromatic rings. The SMILES string of the molecule is Cc1cc(C#CCCCN2CCCC2)cc(C)c1N1C[C@@H](Cc2ccccc2F)C[C@@H](C)C1=O.Cl. The number of likely N-dealkylation sites (tertiary alicyclic amines) is 1. The maximum Gasteiger partial charge on any atom is 0.229 e. The Morgan fingerprint density at radius 3 is 2.46 bits per heavy atom. The molecular weight excluding hydrogens is 459 g/mol. The molecule has 1 amide bonds. The van der Waals surface area contributed by atoms with Crippen molar-refractivity contribution in [3.63, 3.8) is 0 Å². The van der Waals surface area contributed by atoms with Crippen molar-refractivity contribution in [3.05, 3.63) is 64.5 Å². The summed E-state index contributed by atoms with van der Waals surface area (Å²) in [6, 6.07) is 11.2. The van der Waals surface area contributed by atoms with Gasteiger partial charge in [0.05, 0.1) is 0 Å². The number of hydrogen-bond acceptors (Lipinski definition) is 2. The van der Waals surface area contributed by atoms with Crippen molar-refractivity contribution >= 4 is 24.0 Å². The Morgan fingerprint density at radius 2 is 1.77 bits per heavy atom. The van der Waals surface area contributed by atoms with Gasteiger partial charge < -0.3 is 9.80 Å². The molecule has 0 aliphatic carbocycles. The molecule has 2 saturated heterocycles. The minimum atomic E-state index is -0.158. The number of carbonyl (C=O) groups is 1. The molecule has 0 saturated carbocycles. The number of benzene rings is 2. The normalized spacial score (nSPS) is 20.3. The number of anilines is 1. The zero-order chi connectivity index (χ0) is 24.1. The molecule has 2 fully saturated rings. The van der Waals surface area contributed by atoms with Crippen LogP contribution in [0.3, 0.4) is 0 Å². The third-order valence-electron chi connectivity index (χ3n) is 7.25. The predicted octanol–water partition coefficient (Wildman–Crippen LogP) is 6.32. The van der Waals surface area contributed by atoms with Gasteiger partial charge in [0, 0.05) is 30.1 Å². The van der Waals surface area contributed by atoms with Gasteiger partial charge in [-0.1, -0.05) is 37.0 Å². The number of unbranched alkanes of at least 4 members (excludes halogenated alkanes) is 1. The second-order valence-electron chi connectivity index (χ2n) is 10.2. The molecule has 35 heavy (non-hydrogen) atoms. The molecule has 2 aliphatic heterocycles. The Hall–Kier alpha value is -2.35. The number of aryl methyl sites for hydroxylation is 2. The third-order valence-corrected chi connectivity index (χ3v) is 7.25. The quantitative estimate of drug-likeness (QED) is 0.345. The van der Waals surface area contributed by atoms with Gasteiger partial charge in [-0.3, -0.25) is 4.79 Å². The second kappa shape index (κ2) is 12.6. The maximum absolute atomic E-state index is 14.2. The van der Waals surface area contributed by atoms with E-state index in [1.165, 1.54) is 32.0 Å². The Morgan fingerprint density at radius 1 is 1.09 bits per heavy atom. The van der Waals surface area contributed by atoms with Crippen molar-refractivity contribution in [1.29, 1.82) is 0 Å². The van der Waals surface area contributed by atoms with E-state index in [2.05, 4.69) is 42.7 Å². The summed E-state index contributed by atoms with van der Waals surface area (Å²) in [5.74, 6) is 6.85. The van der Waals surface area contributed by atoms with Crippen LogP contribution in [0.4, 0.5) is 10.1 Å². The van der Waals surface area contributed by atoms with Gasteiger partial charge in [-0.05, 0) is 106 Å². The maximum atomic E-state index is 14.2. The van der Waals surface area contributed by atoms with Crippen molar-refractivity contribution in [2.75, 3.05) is 31.1 Å². The van der Waals surface area contributed by atoms with Crippen LogP contribution in [-0.2, 0) is 11.2 Å². The molecule has 188 valence electrons. The third kappa shape index (κ3) is 6.87. The standard InChI is InChI=1S/C30H37FN2O.ClH/c1-22-17-25(11-5-4-8-14-32-15-9-10-16-32)18-23(2)29(22)33-21-26(19-24(3)30(33)34)20-27-12-6-7-13-28(27)31;/h6-7,12-13,17-18,24,26H,4,8-10,14-16,19-21H2,1-3H3;1H/t24-,26-;/m1./s1. The van der Waals surface area contributed by atoms with E-state index in [9.17, 15) is 9.18 Å². The Kier molecular flexibility index (Phi) is 9.78. The molecule has 0 N–H and O–H groups in total. The van der Waals surface area contributed by atoms with Crippen molar-refractivity contribution < 1.29 is 9.18 Å². The fraction of sp³-hybridized carbons (Fsp3) is 0.500. The molecule has 0 bridgehead atoms. The molecule has 0 radical (unpaired) electrons. The lowest BCUT2D eigenvalue weighted by Gasteiger charge is -2.38. The zero-order valence-electron chi connectivity index (χ0n) is 21.3. The number of nitrogens with zero attached hydrogens (tertiary/aromatic N) is 2. The second-order valence-corrected chi connectivity index (χ2v) is 10.2. The Labute approximate surface area is 216 Å². The van der Waals surface area contributed by atoms with E-state index in [4.69, 9.17) is 0 Å². The van der Waals surface area contributed by atoms with Gasteiger partial charge in [0.1, 0.15) is 5.82 Å². The van der Waals surface area contributed by atoms with E-state index >= 15 is 0 Å². The zero-order valence-corrected chi connectivity index (χ0v) is 22.1. The first-order valence-corrected chi connectivity index (χ1v) is 12.8. The first kappa shape index (κ1) is 27.2. The molecule has 2 aliphatic rings. The summed E-state index contributed by atoms with van der Waals surface area (Å²) >= 11 is 0. The molecular formula is C30H38ClFN2O. The molecule has 2 aromatic carbocycles. The van der Waals surface area contributed by atoms with Gasteiger partial charge in [0.2, 0.25) is 5.91 Å². The average Bonchev–Trinajstić information content (AvgIpc) is 3.31. The number of rotatable bonds is 6. The fourth-order valence-electron chi connectivity index (χ4n) is 5.63. The van der Waals surface area contributed by atoms with Crippen molar-refractivity contribution in [2.45, 2.75) is 59.3 Å². The first-order valence-electron chi connectivity index (χ1n) is 12.8. The molecule has 2 heterocycles. The smallest absolute Gasteiger partial charge is 0.229 e. The van der Waals surface area contributed by atoms with Crippen LogP contribution >= 0.6 is 12.4 Å².